The summed E-state index contributed by atoms with van der Waals surface area (Å²) < 4.78 is 13.6. The summed E-state index contributed by atoms with van der Waals surface area (Å²) in [6, 6.07) is 12.7. The van der Waals surface area contributed by atoms with Crippen molar-refractivity contribution >= 4 is 30.0 Å². The molecule has 2 N–H and O–H groups in total. The smallest absolute Gasteiger partial charge is 0.321 e. The molecule has 2 aromatic carbocycles. The molecule has 0 aromatic heterocycles. The first-order chi connectivity index (χ1) is 13.0. The maximum Gasteiger partial charge on any atom is 0.321 e. The Morgan fingerprint density at radius 3 is 2.64 bits per heavy atom. The molecule has 2 aromatic rings. The molecule has 150 valence electrons. The molecule has 1 atom stereocenters. The zero-order valence-corrected chi connectivity index (χ0v) is 16.6. The van der Waals surface area contributed by atoms with Gasteiger partial charge in [-0.1, -0.05) is 18.2 Å². The number of nitrogens with one attached hydrogen (secondary N) is 2. The molecule has 28 heavy (non-hydrogen) atoms. The van der Waals surface area contributed by atoms with E-state index in [2.05, 4.69) is 10.6 Å². The van der Waals surface area contributed by atoms with E-state index in [0.717, 1.165) is 5.56 Å². The molecule has 0 bridgehead atoms. The maximum atomic E-state index is 13.6. The van der Waals surface area contributed by atoms with Crippen molar-refractivity contribution in [1.29, 1.82) is 0 Å². The maximum absolute atomic E-state index is 13.6. The minimum atomic E-state index is -0.320. The van der Waals surface area contributed by atoms with Crippen LogP contribution in [0.2, 0.25) is 0 Å². The lowest BCUT2D eigenvalue weighted by molar-refractivity contribution is 0.0634. The molecule has 1 unspecified atom stereocenters. The molecule has 0 aliphatic carbocycles. The Morgan fingerprint density at radius 1 is 1.18 bits per heavy atom. The molecule has 0 radical (unpaired) electrons. The molecular formula is C20H24ClFN4O2. The van der Waals surface area contributed by atoms with Gasteiger partial charge in [-0.2, -0.15) is 0 Å². The van der Waals surface area contributed by atoms with E-state index in [1.165, 1.54) is 17.0 Å². The number of hydrogen-bond acceptors (Lipinski definition) is 3. The van der Waals surface area contributed by atoms with Crippen LogP contribution in [0.4, 0.5) is 14.9 Å². The van der Waals surface area contributed by atoms with E-state index >= 15 is 0 Å². The van der Waals surface area contributed by atoms with E-state index in [-0.39, 0.29) is 36.2 Å². The van der Waals surface area contributed by atoms with Crippen molar-refractivity contribution in [3.63, 3.8) is 0 Å². The first-order valence-corrected chi connectivity index (χ1v) is 8.81. The van der Waals surface area contributed by atoms with Gasteiger partial charge in [0.2, 0.25) is 0 Å². The summed E-state index contributed by atoms with van der Waals surface area (Å²) in [6.07, 6.45) is 0. The molecule has 0 saturated carbocycles. The number of halogens is 2. The molecule has 1 aliphatic heterocycles. The summed E-state index contributed by atoms with van der Waals surface area (Å²) in [7, 11) is 3.29. The normalized spacial score (nSPS) is 16.1. The number of rotatable bonds is 3. The van der Waals surface area contributed by atoms with Gasteiger partial charge in [0.05, 0.1) is 6.04 Å². The van der Waals surface area contributed by atoms with Crippen molar-refractivity contribution in [2.75, 3.05) is 39.0 Å². The van der Waals surface area contributed by atoms with Crippen LogP contribution < -0.4 is 10.6 Å². The molecule has 1 aliphatic rings. The van der Waals surface area contributed by atoms with Crippen LogP contribution in [-0.2, 0) is 0 Å². The summed E-state index contributed by atoms with van der Waals surface area (Å²) in [5.74, 6) is -0.467. The molecule has 3 rings (SSSR count). The fourth-order valence-electron chi connectivity index (χ4n) is 3.09. The Bertz CT molecular complexity index is 846. The topological polar surface area (TPSA) is 64.7 Å². The van der Waals surface area contributed by atoms with Gasteiger partial charge in [-0.3, -0.25) is 4.79 Å². The van der Waals surface area contributed by atoms with Crippen molar-refractivity contribution in [2.24, 2.45) is 0 Å². The Balaban J connectivity index is 0.00000280. The molecule has 1 saturated heterocycles. The van der Waals surface area contributed by atoms with Crippen molar-refractivity contribution in [3.05, 3.63) is 65.5 Å². The van der Waals surface area contributed by atoms with Crippen LogP contribution >= 0.6 is 12.4 Å². The second-order valence-corrected chi connectivity index (χ2v) is 6.68. The average molecular weight is 407 g/mol. The number of nitrogens with zero attached hydrogens (tertiary/aromatic N) is 2. The van der Waals surface area contributed by atoms with Crippen molar-refractivity contribution in [2.45, 2.75) is 6.04 Å². The first-order valence-electron chi connectivity index (χ1n) is 8.81. The highest BCUT2D eigenvalue weighted by atomic mass is 35.5. The van der Waals surface area contributed by atoms with Gasteiger partial charge in [0, 0.05) is 45.0 Å². The number of carbonyl (C=O) groups is 2. The third kappa shape index (κ3) is 4.99. The Morgan fingerprint density at radius 2 is 1.93 bits per heavy atom. The molecule has 3 amide bonds. The fraction of sp³-hybridized carbons (Fsp3) is 0.300. The second kappa shape index (κ2) is 9.52. The van der Waals surface area contributed by atoms with Gasteiger partial charge in [-0.25, -0.2) is 9.18 Å². The quantitative estimate of drug-likeness (QED) is 0.823. The molecule has 6 nitrogen and oxygen atoms in total. The zero-order chi connectivity index (χ0) is 19.4. The highest BCUT2D eigenvalue weighted by Crippen LogP contribution is 2.25. The highest BCUT2D eigenvalue weighted by molar-refractivity contribution is 5.97. The number of carbonyl (C=O) groups excluding carboxylic acids is 2. The predicted molar refractivity (Wildman–Crippen MR) is 109 cm³/mol. The van der Waals surface area contributed by atoms with Gasteiger partial charge < -0.3 is 20.4 Å². The van der Waals surface area contributed by atoms with Crippen LogP contribution in [0.25, 0.3) is 0 Å². The minimum Gasteiger partial charge on any atom is -0.331 e. The molecule has 1 heterocycles. The van der Waals surface area contributed by atoms with Crippen LogP contribution in [0.1, 0.15) is 22.0 Å². The lowest BCUT2D eigenvalue weighted by Crippen LogP contribution is -2.48. The molecule has 1 fully saturated rings. The van der Waals surface area contributed by atoms with Crippen LogP contribution in [0.5, 0.6) is 0 Å². The number of amides is 3. The summed E-state index contributed by atoms with van der Waals surface area (Å²) >= 11 is 0. The summed E-state index contributed by atoms with van der Waals surface area (Å²) in [5, 5.41) is 6.00. The van der Waals surface area contributed by atoms with Gasteiger partial charge in [0.15, 0.2) is 0 Å². The van der Waals surface area contributed by atoms with Crippen LogP contribution in [0.15, 0.2) is 48.5 Å². The first kappa shape index (κ1) is 21.7. The van der Waals surface area contributed by atoms with Crippen molar-refractivity contribution in [1.82, 2.24) is 15.1 Å². The van der Waals surface area contributed by atoms with E-state index in [9.17, 15) is 14.0 Å². The standard InChI is InChI=1S/C20H23FN4O2.ClH/c1-24(2)20(27)23-17-8-4-6-15(12-17)19(26)25-10-9-22-13-18(25)14-5-3-7-16(21)11-14;/h3-8,11-12,18,22H,9-10,13H2,1-2H3,(H,23,27);1H. The van der Waals surface area contributed by atoms with Crippen molar-refractivity contribution in [3.8, 4) is 0 Å². The average Bonchev–Trinajstić information content (AvgIpc) is 2.67. The number of benzene rings is 2. The molecule has 0 spiro atoms. The number of piperazine rings is 1. The van der Waals surface area contributed by atoms with E-state index in [1.54, 1.807) is 49.3 Å². The third-order valence-corrected chi connectivity index (χ3v) is 4.50. The molecule has 8 heteroatoms. The fourth-order valence-corrected chi connectivity index (χ4v) is 3.09. The number of hydrogen-bond donors (Lipinski definition) is 2. The van der Waals surface area contributed by atoms with Gasteiger partial charge >= 0.3 is 6.03 Å². The third-order valence-electron chi connectivity index (χ3n) is 4.50. The van der Waals surface area contributed by atoms with Crippen molar-refractivity contribution < 1.29 is 14.0 Å². The Hall–Kier alpha value is -2.64. The van der Waals surface area contributed by atoms with Crippen LogP contribution in [0, 0.1) is 5.82 Å². The van der Waals surface area contributed by atoms with E-state index in [4.69, 9.17) is 0 Å². The van der Waals surface area contributed by atoms with Crippen LogP contribution in [0.3, 0.4) is 0 Å². The Labute approximate surface area is 170 Å². The largest absolute Gasteiger partial charge is 0.331 e. The molecular weight excluding hydrogens is 383 g/mol. The van der Waals surface area contributed by atoms with Crippen LogP contribution in [-0.4, -0.2) is 55.5 Å². The van der Waals surface area contributed by atoms with E-state index in [0.29, 0.717) is 30.9 Å². The number of anilines is 1. The SMILES string of the molecule is CN(C)C(=O)Nc1cccc(C(=O)N2CCNCC2c2cccc(F)c2)c1.Cl. The predicted octanol–water partition coefficient (Wildman–Crippen LogP) is 3.13. The second-order valence-electron chi connectivity index (χ2n) is 6.68. The van der Waals surface area contributed by atoms with Gasteiger partial charge in [-0.15, -0.1) is 12.4 Å². The highest BCUT2D eigenvalue weighted by Gasteiger charge is 2.29. The van der Waals surface area contributed by atoms with Gasteiger partial charge in [0.25, 0.3) is 5.91 Å². The minimum absolute atomic E-state index is 0. The Kier molecular flexibility index (Phi) is 7.37. The van der Waals surface area contributed by atoms with Gasteiger partial charge in [0.1, 0.15) is 5.82 Å². The summed E-state index contributed by atoms with van der Waals surface area (Å²) in [5.41, 5.74) is 1.79. The summed E-state index contributed by atoms with van der Waals surface area (Å²) in [4.78, 5) is 28.1. The number of urea groups is 1. The lowest BCUT2D eigenvalue weighted by Gasteiger charge is -2.36. The lowest BCUT2D eigenvalue weighted by atomic mass is 10.0. The zero-order valence-electron chi connectivity index (χ0n) is 15.8. The summed E-state index contributed by atoms with van der Waals surface area (Å²) in [6.45, 7) is 1.76. The monoisotopic (exact) mass is 406 g/mol. The van der Waals surface area contributed by atoms with Gasteiger partial charge in [-0.05, 0) is 35.9 Å². The van der Waals surface area contributed by atoms with E-state index in [1.807, 2.05) is 6.07 Å². The van der Waals surface area contributed by atoms with E-state index < -0.39 is 0 Å².